The minimum atomic E-state index is -0.0201. The van der Waals surface area contributed by atoms with Crippen LogP contribution in [0.15, 0.2) is 30.3 Å². The van der Waals surface area contributed by atoms with Crippen molar-refractivity contribution < 1.29 is 9.59 Å². The van der Waals surface area contributed by atoms with E-state index in [0.29, 0.717) is 32.7 Å². The predicted molar refractivity (Wildman–Crippen MR) is 110 cm³/mol. The van der Waals surface area contributed by atoms with Gasteiger partial charge in [0.2, 0.25) is 11.8 Å². The minimum Gasteiger partial charge on any atom is -0.339 e. The molecule has 0 bridgehead atoms. The van der Waals surface area contributed by atoms with E-state index in [9.17, 15) is 9.59 Å². The first-order valence-electron chi connectivity index (χ1n) is 9.67. The van der Waals surface area contributed by atoms with Crippen molar-refractivity contribution in [3.63, 3.8) is 0 Å². The van der Waals surface area contributed by atoms with Gasteiger partial charge in [0, 0.05) is 50.4 Å². The molecule has 0 atom stereocenters. The maximum absolute atomic E-state index is 12.5. The van der Waals surface area contributed by atoms with Gasteiger partial charge in [-0.1, -0.05) is 29.8 Å². The number of hydrogen-bond donors (Lipinski definition) is 0. The van der Waals surface area contributed by atoms with Crippen LogP contribution in [0.5, 0.6) is 0 Å². The summed E-state index contributed by atoms with van der Waals surface area (Å²) in [6.07, 6.45) is 3.49. The molecule has 0 N–H and O–H groups in total. The number of amides is 2. The number of piperazine rings is 1. The Morgan fingerprint density at radius 3 is 2.21 bits per heavy atom. The topological polar surface area (TPSA) is 58.4 Å². The van der Waals surface area contributed by atoms with E-state index in [1.807, 2.05) is 24.6 Å². The van der Waals surface area contributed by atoms with E-state index in [4.69, 9.17) is 0 Å². The van der Waals surface area contributed by atoms with Gasteiger partial charge in [-0.3, -0.25) is 14.3 Å². The lowest BCUT2D eigenvalue weighted by Crippen LogP contribution is -2.49. The molecule has 2 amide bonds. The number of rotatable bonds is 4. The summed E-state index contributed by atoms with van der Waals surface area (Å²) in [4.78, 5) is 27.5. The SMILES string of the molecule is CC(=O)N1CCN(C(=O)/C=C\c2c(C)nn(Cc3ccc(C)cc3)c2C)CC1. The Kier molecular flexibility index (Phi) is 5.97. The van der Waals surface area contributed by atoms with Crippen molar-refractivity contribution in [1.82, 2.24) is 19.6 Å². The number of benzene rings is 1. The molecule has 1 saturated heterocycles. The molecule has 6 heteroatoms. The molecule has 0 saturated carbocycles. The Hall–Kier alpha value is -2.89. The molecule has 28 heavy (non-hydrogen) atoms. The highest BCUT2D eigenvalue weighted by atomic mass is 16.2. The summed E-state index contributed by atoms with van der Waals surface area (Å²) >= 11 is 0. The van der Waals surface area contributed by atoms with Gasteiger partial charge in [0.25, 0.3) is 0 Å². The summed E-state index contributed by atoms with van der Waals surface area (Å²) in [5.41, 5.74) is 5.39. The maximum atomic E-state index is 12.5. The summed E-state index contributed by atoms with van der Waals surface area (Å²) in [5, 5.41) is 4.64. The van der Waals surface area contributed by atoms with E-state index in [-0.39, 0.29) is 11.8 Å². The van der Waals surface area contributed by atoms with Gasteiger partial charge in [0.15, 0.2) is 0 Å². The highest BCUT2D eigenvalue weighted by molar-refractivity contribution is 5.92. The largest absolute Gasteiger partial charge is 0.339 e. The lowest BCUT2D eigenvalue weighted by Gasteiger charge is -2.33. The Morgan fingerprint density at radius 2 is 1.61 bits per heavy atom. The standard InChI is InChI=1S/C22H28N4O2/c1-16-5-7-20(8-6-16)15-26-18(3)21(17(2)23-26)9-10-22(28)25-13-11-24(12-14-25)19(4)27/h5-10H,11-15H2,1-4H3/b10-9-. The first-order chi connectivity index (χ1) is 13.3. The summed E-state index contributed by atoms with van der Waals surface area (Å²) in [6.45, 7) is 10.7. The van der Waals surface area contributed by atoms with Crippen LogP contribution in [-0.4, -0.2) is 57.6 Å². The van der Waals surface area contributed by atoms with E-state index >= 15 is 0 Å². The zero-order chi connectivity index (χ0) is 20.3. The number of carbonyl (C=O) groups excluding carboxylic acids is 2. The number of aryl methyl sites for hydroxylation is 2. The highest BCUT2D eigenvalue weighted by Gasteiger charge is 2.21. The number of aromatic nitrogens is 2. The molecule has 1 aliphatic heterocycles. The number of hydrogen-bond acceptors (Lipinski definition) is 3. The maximum Gasteiger partial charge on any atom is 0.246 e. The van der Waals surface area contributed by atoms with Crippen molar-refractivity contribution in [3.8, 4) is 0 Å². The third kappa shape index (κ3) is 4.50. The van der Waals surface area contributed by atoms with Crippen LogP contribution < -0.4 is 0 Å². The summed E-state index contributed by atoms with van der Waals surface area (Å²) in [6, 6.07) is 8.44. The van der Waals surface area contributed by atoms with E-state index in [1.165, 1.54) is 11.1 Å². The molecule has 0 unspecified atom stereocenters. The molecule has 0 radical (unpaired) electrons. The molecule has 0 aliphatic carbocycles. The third-order valence-corrected chi connectivity index (χ3v) is 5.32. The summed E-state index contributed by atoms with van der Waals surface area (Å²) in [5.74, 6) is 0.0446. The number of nitrogens with zero attached hydrogens (tertiary/aromatic N) is 4. The monoisotopic (exact) mass is 380 g/mol. The van der Waals surface area contributed by atoms with Gasteiger partial charge in [-0.05, 0) is 32.4 Å². The van der Waals surface area contributed by atoms with Crippen molar-refractivity contribution in [2.75, 3.05) is 26.2 Å². The van der Waals surface area contributed by atoms with Gasteiger partial charge < -0.3 is 9.80 Å². The molecule has 3 rings (SSSR count). The van der Waals surface area contributed by atoms with Gasteiger partial charge in [-0.15, -0.1) is 0 Å². The summed E-state index contributed by atoms with van der Waals surface area (Å²) < 4.78 is 1.98. The molecule has 148 valence electrons. The molecule has 2 heterocycles. The molecule has 0 spiro atoms. The molecule has 6 nitrogen and oxygen atoms in total. The van der Waals surface area contributed by atoms with Crippen LogP contribution in [0, 0.1) is 20.8 Å². The normalized spacial score (nSPS) is 14.7. The van der Waals surface area contributed by atoms with Crippen molar-refractivity contribution in [2.45, 2.75) is 34.2 Å². The first-order valence-corrected chi connectivity index (χ1v) is 9.67. The Labute approximate surface area is 166 Å². The van der Waals surface area contributed by atoms with Gasteiger partial charge >= 0.3 is 0 Å². The quantitative estimate of drug-likeness (QED) is 0.766. The van der Waals surface area contributed by atoms with Crippen LogP contribution in [-0.2, 0) is 16.1 Å². The minimum absolute atomic E-state index is 0.0201. The van der Waals surface area contributed by atoms with Crippen molar-refractivity contribution in [3.05, 3.63) is 58.4 Å². The molecule has 1 aromatic heterocycles. The second kappa shape index (κ2) is 8.42. The van der Waals surface area contributed by atoms with Crippen molar-refractivity contribution >= 4 is 17.9 Å². The van der Waals surface area contributed by atoms with Crippen molar-refractivity contribution in [1.29, 1.82) is 0 Å². The molecule has 1 aromatic carbocycles. The summed E-state index contributed by atoms with van der Waals surface area (Å²) in [7, 11) is 0. The van der Waals surface area contributed by atoms with E-state index < -0.39 is 0 Å². The zero-order valence-electron chi connectivity index (χ0n) is 17.1. The Balaban J connectivity index is 1.67. The second-order valence-corrected chi connectivity index (χ2v) is 7.39. The van der Waals surface area contributed by atoms with Gasteiger partial charge in [0.1, 0.15) is 0 Å². The zero-order valence-corrected chi connectivity index (χ0v) is 17.1. The molecular formula is C22H28N4O2. The molecule has 2 aromatic rings. The third-order valence-electron chi connectivity index (χ3n) is 5.32. The van der Waals surface area contributed by atoms with E-state index in [2.05, 4.69) is 36.3 Å². The van der Waals surface area contributed by atoms with Crippen LogP contribution in [0.2, 0.25) is 0 Å². The molecule has 1 aliphatic rings. The van der Waals surface area contributed by atoms with Crippen LogP contribution in [0.25, 0.3) is 6.08 Å². The van der Waals surface area contributed by atoms with Gasteiger partial charge in [0.05, 0.1) is 12.2 Å². The number of carbonyl (C=O) groups is 2. The average molecular weight is 380 g/mol. The fourth-order valence-corrected chi connectivity index (χ4v) is 3.47. The Bertz CT molecular complexity index is 888. The molecular weight excluding hydrogens is 352 g/mol. The Morgan fingerprint density at radius 1 is 1.00 bits per heavy atom. The van der Waals surface area contributed by atoms with E-state index in [0.717, 1.165) is 17.0 Å². The lowest BCUT2D eigenvalue weighted by atomic mass is 10.1. The van der Waals surface area contributed by atoms with Gasteiger partial charge in [-0.2, -0.15) is 5.10 Å². The highest BCUT2D eigenvalue weighted by Crippen LogP contribution is 2.17. The molecule has 1 fully saturated rings. The fraction of sp³-hybridized carbons (Fsp3) is 0.409. The second-order valence-electron chi connectivity index (χ2n) is 7.39. The van der Waals surface area contributed by atoms with E-state index in [1.54, 1.807) is 22.8 Å². The van der Waals surface area contributed by atoms with Gasteiger partial charge in [-0.25, -0.2) is 0 Å². The van der Waals surface area contributed by atoms with Crippen LogP contribution in [0.1, 0.15) is 35.0 Å². The van der Waals surface area contributed by atoms with Crippen LogP contribution in [0.4, 0.5) is 0 Å². The smallest absolute Gasteiger partial charge is 0.246 e. The first kappa shape index (κ1) is 19.9. The predicted octanol–water partition coefficient (Wildman–Crippen LogP) is 2.56. The van der Waals surface area contributed by atoms with Crippen molar-refractivity contribution in [2.24, 2.45) is 0 Å². The average Bonchev–Trinajstić information content (AvgIpc) is 2.94. The van der Waals surface area contributed by atoms with Crippen LogP contribution >= 0.6 is 0 Å². The fourth-order valence-electron chi connectivity index (χ4n) is 3.47. The van der Waals surface area contributed by atoms with Crippen LogP contribution in [0.3, 0.4) is 0 Å². The lowest BCUT2D eigenvalue weighted by molar-refractivity contribution is -0.135.